The first-order chi connectivity index (χ1) is 18.4. The molecule has 4 aromatic carbocycles. The summed E-state index contributed by atoms with van der Waals surface area (Å²) in [7, 11) is -3.79. The van der Waals surface area contributed by atoms with Crippen molar-refractivity contribution in [2.24, 2.45) is 0 Å². The van der Waals surface area contributed by atoms with Crippen molar-refractivity contribution in [2.45, 2.75) is 28.1 Å². The Morgan fingerprint density at radius 3 is 2.15 bits per heavy atom. The lowest BCUT2D eigenvalue weighted by Crippen LogP contribution is -2.19. The molecule has 0 fully saturated rings. The van der Waals surface area contributed by atoms with E-state index in [-0.39, 0.29) is 15.6 Å². The lowest BCUT2D eigenvalue weighted by molar-refractivity contribution is -0.137. The number of nitrogens with one attached hydrogen (secondary N) is 2. The smallest absolute Gasteiger partial charge is 0.323 e. The second-order valence-electron chi connectivity index (χ2n) is 8.53. The molecule has 0 saturated heterocycles. The van der Waals surface area contributed by atoms with Crippen LogP contribution in [0, 0.1) is 6.92 Å². The molecule has 39 heavy (non-hydrogen) atoms. The van der Waals surface area contributed by atoms with Crippen molar-refractivity contribution in [2.75, 3.05) is 10.0 Å². The normalized spacial score (nSPS) is 12.5. The van der Waals surface area contributed by atoms with Crippen molar-refractivity contribution in [3.63, 3.8) is 0 Å². The summed E-state index contributed by atoms with van der Waals surface area (Å²) in [4.78, 5) is 14.1. The van der Waals surface area contributed by atoms with Crippen molar-refractivity contribution in [3.05, 3.63) is 119 Å². The van der Waals surface area contributed by atoms with E-state index in [1.54, 1.807) is 66.7 Å². The molecule has 2 N–H and O–H groups in total. The van der Waals surface area contributed by atoms with E-state index < -0.39 is 32.9 Å². The second-order valence-corrected chi connectivity index (χ2v) is 11.8. The summed E-state index contributed by atoms with van der Waals surface area (Å²) in [6.07, 6.45) is -4.60. The summed E-state index contributed by atoms with van der Waals surface area (Å²) in [5.41, 5.74) is 0.792. The first kappa shape index (κ1) is 28.5. The van der Waals surface area contributed by atoms with Crippen molar-refractivity contribution >= 4 is 50.7 Å². The van der Waals surface area contributed by atoms with Gasteiger partial charge in [-0.15, -0.1) is 11.8 Å². The molecule has 5 nitrogen and oxygen atoms in total. The molecular formula is C28H22ClF3N2O3S2. The van der Waals surface area contributed by atoms with Gasteiger partial charge in [0.2, 0.25) is 5.91 Å². The molecule has 0 radical (unpaired) electrons. The van der Waals surface area contributed by atoms with Gasteiger partial charge in [0.15, 0.2) is 0 Å². The molecule has 0 bridgehead atoms. The first-order valence-corrected chi connectivity index (χ1v) is 14.3. The third kappa shape index (κ3) is 7.35. The van der Waals surface area contributed by atoms with E-state index in [0.29, 0.717) is 16.1 Å². The quantitative estimate of drug-likeness (QED) is 0.204. The van der Waals surface area contributed by atoms with Gasteiger partial charge in [-0.3, -0.25) is 9.52 Å². The fourth-order valence-corrected chi connectivity index (χ4v) is 5.81. The van der Waals surface area contributed by atoms with Crippen molar-refractivity contribution < 1.29 is 26.4 Å². The minimum absolute atomic E-state index is 0.0293. The van der Waals surface area contributed by atoms with Gasteiger partial charge in [-0.1, -0.05) is 59.6 Å². The minimum Gasteiger partial charge on any atom is -0.323 e. The zero-order valence-electron chi connectivity index (χ0n) is 20.4. The number of amides is 1. The van der Waals surface area contributed by atoms with Crippen LogP contribution in [-0.2, 0) is 21.0 Å². The third-order valence-electron chi connectivity index (χ3n) is 5.58. The summed E-state index contributed by atoms with van der Waals surface area (Å²) in [5.74, 6) is -0.573. The molecule has 0 aliphatic heterocycles. The fraction of sp³-hybridized carbons (Fsp3) is 0.107. The van der Waals surface area contributed by atoms with Gasteiger partial charge >= 0.3 is 6.18 Å². The summed E-state index contributed by atoms with van der Waals surface area (Å²) in [6, 6.07) is 24.3. The Hall–Kier alpha value is -3.47. The molecule has 0 aromatic heterocycles. The number of alkyl halides is 3. The molecule has 4 aromatic rings. The standard InChI is InChI=1S/C28H22ClF3N2O3S2/c1-18-7-14-23(15-8-18)39(36,37)34-21-10-12-22(13-11-21)38-26(19-5-3-2-4-6-19)27(35)33-25-17-20(28(30,31)32)9-16-24(25)29/h2-17,26,34H,1H3,(H,33,35). The van der Waals surface area contributed by atoms with E-state index in [1.165, 1.54) is 12.1 Å². The van der Waals surface area contributed by atoms with Crippen LogP contribution in [0.3, 0.4) is 0 Å². The summed E-state index contributed by atoms with van der Waals surface area (Å²) < 4.78 is 67.5. The molecule has 11 heteroatoms. The number of anilines is 2. The van der Waals surface area contributed by atoms with E-state index in [4.69, 9.17) is 11.6 Å². The topological polar surface area (TPSA) is 75.3 Å². The van der Waals surface area contributed by atoms with Gasteiger partial charge in [-0.2, -0.15) is 13.2 Å². The van der Waals surface area contributed by atoms with Crippen LogP contribution in [0.1, 0.15) is 21.9 Å². The molecule has 202 valence electrons. The maximum Gasteiger partial charge on any atom is 0.416 e. The predicted octanol–water partition coefficient (Wildman–Crippen LogP) is 7.94. The number of carbonyl (C=O) groups excluding carboxylic acids is 1. The number of benzene rings is 4. The molecule has 1 atom stereocenters. The van der Waals surface area contributed by atoms with Gasteiger partial charge in [-0.05, 0) is 67.1 Å². The van der Waals surface area contributed by atoms with Crippen molar-refractivity contribution in [1.29, 1.82) is 0 Å². The summed E-state index contributed by atoms with van der Waals surface area (Å²) in [6.45, 7) is 1.86. The Morgan fingerprint density at radius 2 is 1.54 bits per heavy atom. The van der Waals surface area contributed by atoms with Crippen molar-refractivity contribution in [3.8, 4) is 0 Å². The van der Waals surface area contributed by atoms with E-state index in [0.717, 1.165) is 35.5 Å². The fourth-order valence-electron chi connectivity index (χ4n) is 3.57. The van der Waals surface area contributed by atoms with Crippen LogP contribution < -0.4 is 10.0 Å². The maximum atomic E-state index is 13.3. The van der Waals surface area contributed by atoms with E-state index >= 15 is 0 Å². The van der Waals surface area contributed by atoms with Gasteiger partial charge in [0.25, 0.3) is 10.0 Å². The zero-order chi connectivity index (χ0) is 28.2. The lowest BCUT2D eigenvalue weighted by atomic mass is 10.1. The highest BCUT2D eigenvalue weighted by atomic mass is 35.5. The molecule has 0 heterocycles. The first-order valence-electron chi connectivity index (χ1n) is 11.5. The monoisotopic (exact) mass is 590 g/mol. The molecule has 1 amide bonds. The highest BCUT2D eigenvalue weighted by Crippen LogP contribution is 2.39. The maximum absolute atomic E-state index is 13.3. The number of aryl methyl sites for hydroxylation is 1. The molecule has 0 aliphatic carbocycles. The average molecular weight is 591 g/mol. The van der Waals surface area contributed by atoms with Crippen LogP contribution in [0.4, 0.5) is 24.5 Å². The Kier molecular flexibility index (Phi) is 8.58. The number of hydrogen-bond donors (Lipinski definition) is 2. The van der Waals surface area contributed by atoms with Crippen LogP contribution in [-0.4, -0.2) is 14.3 Å². The number of carbonyl (C=O) groups is 1. The Labute approximate surface area is 233 Å². The van der Waals surface area contributed by atoms with Gasteiger partial charge < -0.3 is 5.32 Å². The number of rotatable bonds is 8. The van der Waals surface area contributed by atoms with Crippen LogP contribution in [0.5, 0.6) is 0 Å². The molecule has 4 rings (SSSR count). The highest BCUT2D eigenvalue weighted by Gasteiger charge is 2.31. The number of thioether (sulfide) groups is 1. The second kappa shape index (κ2) is 11.7. The predicted molar refractivity (Wildman–Crippen MR) is 149 cm³/mol. The third-order valence-corrected chi connectivity index (χ3v) is 8.58. The van der Waals surface area contributed by atoms with Crippen LogP contribution in [0.25, 0.3) is 0 Å². The van der Waals surface area contributed by atoms with Gasteiger partial charge in [0.1, 0.15) is 5.25 Å². The van der Waals surface area contributed by atoms with Gasteiger partial charge in [-0.25, -0.2) is 8.42 Å². The average Bonchev–Trinajstić information content (AvgIpc) is 2.89. The zero-order valence-corrected chi connectivity index (χ0v) is 22.8. The summed E-state index contributed by atoms with van der Waals surface area (Å²) >= 11 is 7.23. The molecular weight excluding hydrogens is 569 g/mol. The molecule has 0 spiro atoms. The van der Waals surface area contributed by atoms with Crippen LogP contribution in [0.2, 0.25) is 5.02 Å². The molecule has 0 aliphatic rings. The molecule has 1 unspecified atom stereocenters. The van der Waals surface area contributed by atoms with Crippen LogP contribution in [0.15, 0.2) is 107 Å². The Morgan fingerprint density at radius 1 is 0.897 bits per heavy atom. The lowest BCUT2D eigenvalue weighted by Gasteiger charge is -2.19. The van der Waals surface area contributed by atoms with Gasteiger partial charge in [0.05, 0.1) is 21.2 Å². The Balaban J connectivity index is 1.54. The van der Waals surface area contributed by atoms with E-state index in [1.807, 2.05) is 6.92 Å². The van der Waals surface area contributed by atoms with E-state index in [2.05, 4.69) is 10.0 Å². The highest BCUT2D eigenvalue weighted by molar-refractivity contribution is 8.00. The van der Waals surface area contributed by atoms with Crippen molar-refractivity contribution in [1.82, 2.24) is 0 Å². The van der Waals surface area contributed by atoms with E-state index in [9.17, 15) is 26.4 Å². The summed E-state index contributed by atoms with van der Waals surface area (Å²) in [5, 5.41) is 1.65. The SMILES string of the molecule is Cc1ccc(S(=O)(=O)Nc2ccc(SC(C(=O)Nc3cc(C(F)(F)F)ccc3Cl)c3ccccc3)cc2)cc1. The Bertz CT molecular complexity index is 1560. The number of halogens is 4. The largest absolute Gasteiger partial charge is 0.416 e. The van der Waals surface area contributed by atoms with Crippen LogP contribution >= 0.6 is 23.4 Å². The minimum atomic E-state index is -4.60. The number of hydrogen-bond acceptors (Lipinski definition) is 4. The molecule has 0 saturated carbocycles. The van der Waals surface area contributed by atoms with Gasteiger partial charge in [0, 0.05) is 10.6 Å². The number of sulfonamides is 1.